The number of carbonyl (C=O) groups excluding carboxylic acids is 2. The second-order valence-electron chi connectivity index (χ2n) is 9.82. The molecule has 0 radical (unpaired) electrons. The van der Waals surface area contributed by atoms with Crippen molar-refractivity contribution in [2.24, 2.45) is 5.41 Å². The monoisotopic (exact) mass is 466 g/mol. The number of carboxylic acids is 1. The van der Waals surface area contributed by atoms with E-state index in [0.29, 0.717) is 12.8 Å². The Kier molecular flexibility index (Phi) is 7.97. The number of hydrogen-bond donors (Lipinski definition) is 3. The van der Waals surface area contributed by atoms with Gasteiger partial charge in [-0.1, -0.05) is 76.2 Å². The third kappa shape index (κ3) is 5.95. The molecule has 2 atom stereocenters. The molecule has 7 nitrogen and oxygen atoms in total. The standard InChI is InChI=1S/C27H34N2O5/c1-5-17(14-15-23(30)31)28-25(32)24(27(2,3)4)29-26(33)34-16-22-20-12-8-6-10-18(20)19-11-7-9-13-21(19)22/h6-13,17,22,24H,5,14-16H2,1-4H3,(H,28,32)(H,29,33)(H,30,31). The Labute approximate surface area is 200 Å². The molecule has 2 amide bonds. The fraction of sp³-hybridized carbons (Fsp3) is 0.444. The summed E-state index contributed by atoms with van der Waals surface area (Å²) in [4.78, 5) is 36.7. The highest BCUT2D eigenvalue weighted by Gasteiger charge is 2.35. The summed E-state index contributed by atoms with van der Waals surface area (Å²) in [6, 6.07) is 15.1. The Morgan fingerprint density at radius 2 is 1.53 bits per heavy atom. The fourth-order valence-electron chi connectivity index (χ4n) is 4.39. The summed E-state index contributed by atoms with van der Waals surface area (Å²) >= 11 is 0. The van der Waals surface area contributed by atoms with Gasteiger partial charge in [-0.2, -0.15) is 0 Å². The van der Waals surface area contributed by atoms with E-state index < -0.39 is 23.5 Å². The van der Waals surface area contributed by atoms with Gasteiger partial charge in [-0.3, -0.25) is 9.59 Å². The van der Waals surface area contributed by atoms with Crippen LogP contribution in [0.5, 0.6) is 0 Å². The summed E-state index contributed by atoms with van der Waals surface area (Å²) in [6.45, 7) is 7.63. The number of ether oxygens (including phenoxy) is 1. The topological polar surface area (TPSA) is 105 Å². The minimum absolute atomic E-state index is 0.0290. The number of rotatable bonds is 9. The van der Waals surface area contributed by atoms with E-state index in [9.17, 15) is 14.4 Å². The van der Waals surface area contributed by atoms with Gasteiger partial charge in [0.05, 0.1) is 0 Å². The number of carboxylic acid groups (broad SMARTS) is 1. The number of benzene rings is 2. The highest BCUT2D eigenvalue weighted by molar-refractivity contribution is 5.86. The third-order valence-corrected chi connectivity index (χ3v) is 6.28. The van der Waals surface area contributed by atoms with Gasteiger partial charge in [-0.05, 0) is 40.5 Å². The normalized spacial score (nSPS) is 14.5. The zero-order valence-corrected chi connectivity index (χ0v) is 20.3. The lowest BCUT2D eigenvalue weighted by Crippen LogP contribution is -2.55. The van der Waals surface area contributed by atoms with Crippen molar-refractivity contribution in [1.29, 1.82) is 0 Å². The van der Waals surface area contributed by atoms with E-state index in [-0.39, 0.29) is 30.9 Å². The van der Waals surface area contributed by atoms with E-state index in [0.717, 1.165) is 22.3 Å². The molecule has 2 aromatic rings. The number of alkyl carbamates (subject to hydrolysis) is 1. The number of aliphatic carboxylic acids is 1. The molecule has 1 aliphatic carbocycles. The summed E-state index contributed by atoms with van der Waals surface area (Å²) in [5.41, 5.74) is 3.95. The van der Waals surface area contributed by atoms with Crippen molar-refractivity contribution in [3.8, 4) is 11.1 Å². The van der Waals surface area contributed by atoms with Gasteiger partial charge in [0.15, 0.2) is 0 Å². The highest BCUT2D eigenvalue weighted by atomic mass is 16.5. The molecular weight excluding hydrogens is 432 g/mol. The van der Waals surface area contributed by atoms with Gasteiger partial charge in [0.25, 0.3) is 0 Å². The Hall–Kier alpha value is -3.35. The average molecular weight is 467 g/mol. The van der Waals surface area contributed by atoms with Crippen molar-refractivity contribution in [1.82, 2.24) is 10.6 Å². The van der Waals surface area contributed by atoms with Crippen LogP contribution >= 0.6 is 0 Å². The van der Waals surface area contributed by atoms with E-state index >= 15 is 0 Å². The minimum Gasteiger partial charge on any atom is -0.481 e. The van der Waals surface area contributed by atoms with Gasteiger partial charge in [-0.25, -0.2) is 4.79 Å². The largest absolute Gasteiger partial charge is 0.481 e. The Morgan fingerprint density at radius 1 is 0.971 bits per heavy atom. The molecule has 2 unspecified atom stereocenters. The molecule has 0 aromatic heterocycles. The third-order valence-electron chi connectivity index (χ3n) is 6.28. The van der Waals surface area contributed by atoms with Crippen molar-refractivity contribution in [3.05, 3.63) is 59.7 Å². The molecular formula is C27H34N2O5. The number of nitrogens with one attached hydrogen (secondary N) is 2. The summed E-state index contributed by atoms with van der Waals surface area (Å²) in [6.07, 6.45) is 0.245. The van der Waals surface area contributed by atoms with Gasteiger partial charge in [0.1, 0.15) is 12.6 Å². The van der Waals surface area contributed by atoms with Crippen LogP contribution in [-0.4, -0.2) is 41.8 Å². The smallest absolute Gasteiger partial charge is 0.407 e. The number of amides is 2. The van der Waals surface area contributed by atoms with Crippen LogP contribution in [0.1, 0.15) is 64.0 Å². The van der Waals surface area contributed by atoms with Crippen LogP contribution in [-0.2, 0) is 14.3 Å². The molecule has 7 heteroatoms. The minimum atomic E-state index is -0.906. The second-order valence-corrected chi connectivity index (χ2v) is 9.82. The van der Waals surface area contributed by atoms with E-state index in [1.807, 2.05) is 52.0 Å². The average Bonchev–Trinajstić information content (AvgIpc) is 3.11. The van der Waals surface area contributed by atoms with Gasteiger partial charge in [0, 0.05) is 18.4 Å². The van der Waals surface area contributed by atoms with Crippen LogP contribution in [0.25, 0.3) is 11.1 Å². The first-order valence-corrected chi connectivity index (χ1v) is 11.8. The molecule has 0 heterocycles. The maximum atomic E-state index is 13.0. The predicted octanol–water partition coefficient (Wildman–Crippen LogP) is 4.70. The van der Waals surface area contributed by atoms with E-state index in [2.05, 4.69) is 34.9 Å². The van der Waals surface area contributed by atoms with Crippen LogP contribution in [0.15, 0.2) is 48.5 Å². The summed E-state index contributed by atoms with van der Waals surface area (Å²) in [5.74, 6) is -1.32. The van der Waals surface area contributed by atoms with Crippen LogP contribution in [0.3, 0.4) is 0 Å². The van der Waals surface area contributed by atoms with E-state index in [4.69, 9.17) is 9.84 Å². The Morgan fingerprint density at radius 3 is 2.03 bits per heavy atom. The lowest BCUT2D eigenvalue weighted by molar-refractivity contribution is -0.137. The lowest BCUT2D eigenvalue weighted by atomic mass is 9.86. The lowest BCUT2D eigenvalue weighted by Gasteiger charge is -2.31. The molecule has 0 bridgehead atoms. The van der Waals surface area contributed by atoms with Crippen molar-refractivity contribution in [2.75, 3.05) is 6.61 Å². The SMILES string of the molecule is CCC(CCC(=O)O)NC(=O)C(NC(=O)OCC1c2ccccc2-c2ccccc21)C(C)(C)C. The van der Waals surface area contributed by atoms with Gasteiger partial charge in [0.2, 0.25) is 5.91 Å². The Balaban J connectivity index is 1.66. The molecule has 3 rings (SSSR count). The van der Waals surface area contributed by atoms with Crippen LogP contribution in [0.4, 0.5) is 4.79 Å². The molecule has 3 N–H and O–H groups in total. The van der Waals surface area contributed by atoms with Gasteiger partial charge in [-0.15, -0.1) is 0 Å². The molecule has 1 aliphatic rings. The predicted molar refractivity (Wildman–Crippen MR) is 131 cm³/mol. The van der Waals surface area contributed by atoms with Gasteiger partial charge >= 0.3 is 12.1 Å². The highest BCUT2D eigenvalue weighted by Crippen LogP contribution is 2.44. The molecule has 0 aliphatic heterocycles. The molecule has 0 saturated carbocycles. The molecule has 0 fully saturated rings. The maximum absolute atomic E-state index is 13.0. The number of fused-ring (bicyclic) bond motifs is 3. The first kappa shape index (κ1) is 25.3. The fourth-order valence-corrected chi connectivity index (χ4v) is 4.39. The molecule has 182 valence electrons. The Bertz CT molecular complexity index is 998. The van der Waals surface area contributed by atoms with Crippen LogP contribution < -0.4 is 10.6 Å². The summed E-state index contributed by atoms with van der Waals surface area (Å²) < 4.78 is 5.62. The van der Waals surface area contributed by atoms with E-state index in [1.165, 1.54) is 0 Å². The molecule has 0 spiro atoms. The van der Waals surface area contributed by atoms with E-state index in [1.54, 1.807) is 0 Å². The molecule has 2 aromatic carbocycles. The van der Waals surface area contributed by atoms with Crippen LogP contribution in [0.2, 0.25) is 0 Å². The molecule has 34 heavy (non-hydrogen) atoms. The van der Waals surface area contributed by atoms with Gasteiger partial charge < -0.3 is 20.5 Å². The summed E-state index contributed by atoms with van der Waals surface area (Å²) in [7, 11) is 0. The second kappa shape index (κ2) is 10.7. The quantitative estimate of drug-likeness (QED) is 0.497. The molecule has 0 saturated heterocycles. The zero-order chi connectivity index (χ0) is 24.9. The zero-order valence-electron chi connectivity index (χ0n) is 20.3. The van der Waals surface area contributed by atoms with Crippen LogP contribution in [0, 0.1) is 5.41 Å². The first-order chi connectivity index (χ1) is 16.1. The van der Waals surface area contributed by atoms with Crippen molar-refractivity contribution < 1.29 is 24.2 Å². The van der Waals surface area contributed by atoms with Crippen molar-refractivity contribution in [2.45, 2.75) is 65.0 Å². The van der Waals surface area contributed by atoms with Crippen molar-refractivity contribution >= 4 is 18.0 Å². The number of carbonyl (C=O) groups is 3. The first-order valence-electron chi connectivity index (χ1n) is 11.8. The summed E-state index contributed by atoms with van der Waals surface area (Å²) in [5, 5.41) is 14.6. The maximum Gasteiger partial charge on any atom is 0.407 e. The number of hydrogen-bond acceptors (Lipinski definition) is 4. The van der Waals surface area contributed by atoms with Crippen molar-refractivity contribution in [3.63, 3.8) is 0 Å².